The highest BCUT2D eigenvalue weighted by Gasteiger charge is 2.33. The summed E-state index contributed by atoms with van der Waals surface area (Å²) in [4.78, 5) is 26.2. The van der Waals surface area contributed by atoms with Crippen molar-refractivity contribution >= 4 is 5.71 Å². The van der Waals surface area contributed by atoms with Crippen molar-refractivity contribution in [1.29, 1.82) is 0 Å². The van der Waals surface area contributed by atoms with Gasteiger partial charge in [0.2, 0.25) is 0 Å². The van der Waals surface area contributed by atoms with Crippen LogP contribution in [0.1, 0.15) is 390 Å². The van der Waals surface area contributed by atoms with Crippen LogP contribution < -0.4 is 5.73 Å². The summed E-state index contributed by atoms with van der Waals surface area (Å²) in [5.41, 5.74) is 29.5. The Morgan fingerprint density at radius 2 is 0.778 bits per heavy atom. The second kappa shape index (κ2) is 60.6. The fourth-order valence-corrected chi connectivity index (χ4v) is 21.8. The predicted molar refractivity (Wildman–Crippen MR) is 568 cm³/mol. The summed E-state index contributed by atoms with van der Waals surface area (Å²) in [5, 5.41) is 45.2. The summed E-state index contributed by atoms with van der Waals surface area (Å²) < 4.78 is 0. The number of nitrogens with zero attached hydrogens (tertiary/aromatic N) is 16. The van der Waals surface area contributed by atoms with Gasteiger partial charge >= 0.3 is 0 Å². The summed E-state index contributed by atoms with van der Waals surface area (Å²) in [6, 6.07) is 10.6. The van der Waals surface area contributed by atoms with E-state index in [2.05, 4.69) is 298 Å². The number of aliphatic imine (C=N–C) groups is 1. The first-order chi connectivity index (χ1) is 65.3. The summed E-state index contributed by atoms with van der Waals surface area (Å²) in [7, 11) is 15.3. The number of piperidine rings is 2. The number of aromatic amines is 6. The number of nitrogens with two attached hydrogens (primary N) is 1. The first-order valence-corrected chi connectivity index (χ1v) is 54.1. The van der Waals surface area contributed by atoms with Crippen molar-refractivity contribution in [2.75, 3.05) is 141 Å². The molecule has 0 radical (unpaired) electrons. The van der Waals surface area contributed by atoms with Crippen LogP contribution in [0.15, 0.2) is 109 Å². The lowest BCUT2D eigenvalue weighted by atomic mass is 9.71. The number of allylic oxidation sites excluding steroid dienone is 2. The first kappa shape index (κ1) is 111. The summed E-state index contributed by atoms with van der Waals surface area (Å²) in [6.45, 7) is 54.7. The van der Waals surface area contributed by atoms with Gasteiger partial charge < -0.3 is 49.8 Å². The molecule has 1 aromatic carbocycles. The number of hydrogen-bond donors (Lipinski definition) is 7. The van der Waals surface area contributed by atoms with E-state index in [1.807, 2.05) is 24.8 Å². The Morgan fingerprint density at radius 3 is 1.17 bits per heavy atom. The van der Waals surface area contributed by atoms with E-state index < -0.39 is 0 Å². The largest absolute Gasteiger partial charge is 0.375 e. The third-order valence-electron chi connectivity index (χ3n) is 30.3. The molecule has 23 heteroatoms. The lowest BCUT2D eigenvalue weighted by Gasteiger charge is -2.36. The number of benzene rings is 1. The Balaban J connectivity index is 0.000000178. The van der Waals surface area contributed by atoms with Gasteiger partial charge in [-0.25, -0.2) is 0 Å². The number of likely N-dealkylation sites (N-methyl/N-ethyl adjacent to an activating group) is 1. The van der Waals surface area contributed by atoms with E-state index in [1.165, 1.54) is 301 Å². The number of rotatable bonds is 42. The summed E-state index contributed by atoms with van der Waals surface area (Å²) in [6.07, 6.45) is 57.1. The van der Waals surface area contributed by atoms with Crippen LogP contribution in [0, 0.1) is 23.2 Å². The SMILES string of the molecule is C=C(C(C)C)N1CCC(c2[nH]ncc2CN(C)CCCC)CC1.C=C(Cc1ccccc1)N1CCC(c2[nH]ncc2CN(C)CCCC)CC1.CCCN(C)Cc1[nH]ncc1C1CCC(C)(C)CC1.CCCN(C)Cc1[nH]ncc1C1CCC(C)CC1.CCCN(C)Cc1cn[nH]c1C1CCCC1.CCCN(C)Cc1cn[nH]c1C1CCCCC1.CN(CCN)CC1=CCN=C1C1CCC1. The van der Waals surface area contributed by atoms with Crippen molar-refractivity contribution in [2.24, 2.45) is 33.9 Å². The number of nitrogens with one attached hydrogen (secondary N) is 6. The molecular weight excluding hydrogens is 1670 g/mol. The van der Waals surface area contributed by atoms with Crippen LogP contribution in [-0.2, 0) is 45.7 Å². The van der Waals surface area contributed by atoms with Gasteiger partial charge in [-0.15, -0.1) is 0 Å². The molecule has 8 N–H and O–H groups in total. The summed E-state index contributed by atoms with van der Waals surface area (Å²) >= 11 is 0. The molecule has 9 heterocycles. The maximum absolute atomic E-state index is 5.54. The normalized spacial score (nSPS) is 18.7. The Hall–Kier alpha value is -7.35. The molecule has 0 bridgehead atoms. The molecule has 6 aromatic heterocycles. The monoisotopic (exact) mass is 1860 g/mol. The van der Waals surface area contributed by atoms with Crippen LogP contribution >= 0.6 is 0 Å². The molecule has 8 aliphatic rings. The van der Waals surface area contributed by atoms with Crippen molar-refractivity contribution in [3.05, 3.63) is 177 Å². The smallest absolute Gasteiger partial charge is 0.0580 e. The zero-order valence-electron chi connectivity index (χ0n) is 88.7. The minimum absolute atomic E-state index is 0.541. The van der Waals surface area contributed by atoms with E-state index in [1.54, 1.807) is 0 Å². The second-order valence-corrected chi connectivity index (χ2v) is 43.2. The molecule has 15 rings (SSSR count). The molecular formula is C112H193N23. The van der Waals surface area contributed by atoms with E-state index >= 15 is 0 Å². The number of likely N-dealkylation sites (tertiary alicyclic amines) is 2. The first-order valence-electron chi connectivity index (χ1n) is 54.1. The molecule has 5 aliphatic carbocycles. The number of aromatic nitrogens is 12. The van der Waals surface area contributed by atoms with Crippen LogP contribution in [0.2, 0.25) is 0 Å². The molecule has 0 unspecified atom stereocenters. The molecule has 7 fully saturated rings. The van der Waals surface area contributed by atoms with Gasteiger partial charge in [0.1, 0.15) is 0 Å². The average molecular weight is 1860 g/mol. The number of H-pyrrole nitrogens is 6. The fraction of sp³-hybridized carbons (Fsp3) is 0.723. The molecule has 135 heavy (non-hydrogen) atoms. The highest BCUT2D eigenvalue weighted by molar-refractivity contribution is 6.04. The molecule has 3 aliphatic heterocycles. The van der Waals surface area contributed by atoms with E-state index in [4.69, 9.17) is 5.73 Å². The average Bonchev–Trinajstić information content (AvgIpc) is 1.78. The Morgan fingerprint density at radius 1 is 0.407 bits per heavy atom. The Labute approximate surface area is 820 Å². The van der Waals surface area contributed by atoms with Gasteiger partial charge in [-0.1, -0.05) is 190 Å². The topological polar surface area (TPSA) is 240 Å². The van der Waals surface area contributed by atoms with Crippen molar-refractivity contribution in [3.63, 3.8) is 0 Å². The minimum atomic E-state index is 0.541. The van der Waals surface area contributed by atoms with Crippen molar-refractivity contribution < 1.29 is 0 Å². The van der Waals surface area contributed by atoms with Gasteiger partial charge in [-0.3, -0.25) is 35.6 Å². The van der Waals surface area contributed by atoms with Gasteiger partial charge in [0.25, 0.3) is 0 Å². The molecule has 0 amide bonds. The van der Waals surface area contributed by atoms with Gasteiger partial charge in [0.05, 0.1) is 55.1 Å². The molecule has 756 valence electrons. The standard InChI is InChI=1S/C23H34N4.C19H34N4.C16H29N3.C15H27N3.C14H25N3.C13H23N3.C12H21N3/c1-4-5-13-26(3)18-22-17-24-25-23(22)21-11-14-27(15-12-21)19(2)16-20-9-7-6-8-10-20;1-6-7-10-22(5)14-18-13-20-21-19(18)17-8-11-23(12-9-17)16(4)15(2)3;1-5-10-19(4)12-15-14(11-17-18-15)13-6-8-16(2,3)9-7-13;1-4-9-18(3)11-15-14(10-16-17-15)13-7-5-12(2)6-8-13;1-3-9-17(2)11-13-10-15-16-14(13)12-7-5-4-6-8-12;1-3-8-16(2)10-12-9-14-15-13(12)11-6-4-5-7-11;1-15(8-6-13)9-11-5-7-14-12(11)10-3-2-4-10/h6-10,17,21H,2,4-5,11-16,18H2,1,3H3,(H,24,25);13,15,17H,4,6-12,14H2,1-3,5H3,(H,20,21);11,13H,5-10,12H2,1-4H3,(H,17,18);10,12-13H,4-9,11H2,1-3H3,(H,16,17);10,12H,3-9,11H2,1-2H3,(H,15,16);9,11H,3-8,10H2,1-2H3,(H,14,15);5,10H,2-4,6-9,13H2,1H3. The second-order valence-electron chi connectivity index (χ2n) is 43.2. The van der Waals surface area contributed by atoms with Gasteiger partial charge in [-0.05, 0) is 281 Å². The van der Waals surface area contributed by atoms with E-state index in [-0.39, 0.29) is 0 Å². The Bertz CT molecular complexity index is 4350. The maximum atomic E-state index is 5.54. The van der Waals surface area contributed by atoms with Gasteiger partial charge in [-0.2, -0.15) is 30.6 Å². The highest BCUT2D eigenvalue weighted by Crippen LogP contribution is 2.44. The molecule has 5 saturated carbocycles. The maximum Gasteiger partial charge on any atom is 0.0580 e. The predicted octanol–water partition coefficient (Wildman–Crippen LogP) is 23.3. The van der Waals surface area contributed by atoms with E-state index in [9.17, 15) is 0 Å². The lowest BCUT2D eigenvalue weighted by Crippen LogP contribution is -2.34. The van der Waals surface area contributed by atoms with Gasteiger partial charge in [0, 0.05) is 183 Å². The van der Waals surface area contributed by atoms with Crippen LogP contribution in [0.4, 0.5) is 0 Å². The summed E-state index contributed by atoms with van der Waals surface area (Å²) in [5.74, 6) is 6.36. The van der Waals surface area contributed by atoms with E-state index in [0.717, 1.165) is 173 Å². The number of hydrogen-bond acceptors (Lipinski definition) is 17. The van der Waals surface area contributed by atoms with Crippen molar-refractivity contribution in [1.82, 2.24) is 105 Å². The Kier molecular flexibility index (Phi) is 49.9. The van der Waals surface area contributed by atoms with Crippen LogP contribution in [0.25, 0.3) is 0 Å². The quantitative estimate of drug-likeness (QED) is 0.0188. The third kappa shape index (κ3) is 37.6. The molecule has 0 spiro atoms. The lowest BCUT2D eigenvalue weighted by molar-refractivity contribution is 0.223. The zero-order chi connectivity index (χ0) is 96.9. The van der Waals surface area contributed by atoms with Crippen molar-refractivity contribution in [3.8, 4) is 0 Å². The molecule has 0 atom stereocenters. The molecule has 7 aromatic rings. The third-order valence-corrected chi connectivity index (χ3v) is 30.3. The molecule has 23 nitrogen and oxygen atoms in total. The fourth-order valence-electron chi connectivity index (χ4n) is 21.8. The minimum Gasteiger partial charge on any atom is -0.375 e. The molecule has 2 saturated heterocycles. The number of unbranched alkanes of at least 4 members (excludes halogenated alkanes) is 2. The van der Waals surface area contributed by atoms with Crippen LogP contribution in [0.3, 0.4) is 0 Å². The highest BCUT2D eigenvalue weighted by atomic mass is 15.2. The van der Waals surface area contributed by atoms with E-state index in [0.29, 0.717) is 23.2 Å². The van der Waals surface area contributed by atoms with Crippen LogP contribution in [-0.4, -0.2) is 252 Å². The zero-order valence-corrected chi connectivity index (χ0v) is 88.7. The van der Waals surface area contributed by atoms with Crippen LogP contribution in [0.5, 0.6) is 0 Å². The van der Waals surface area contributed by atoms with Gasteiger partial charge in [0.15, 0.2) is 0 Å². The van der Waals surface area contributed by atoms with Crippen molar-refractivity contribution in [2.45, 2.75) is 363 Å².